The molecule has 2 heterocycles. The number of nitrogens with zero attached hydrogens (tertiary/aromatic N) is 3. The molecule has 4 rings (SSSR count). The number of benzene rings is 2. The molecule has 1 aromatic heterocycles. The van der Waals surface area contributed by atoms with E-state index in [0.717, 1.165) is 38.8 Å². The Labute approximate surface area is 149 Å². The van der Waals surface area contributed by atoms with Crippen LogP contribution in [0.1, 0.15) is 12.5 Å². The van der Waals surface area contributed by atoms with Gasteiger partial charge in [-0.15, -0.1) is 11.3 Å². The first-order valence-electron chi connectivity index (χ1n) is 7.90. The van der Waals surface area contributed by atoms with Gasteiger partial charge in [-0.3, -0.25) is 4.99 Å². The highest BCUT2D eigenvalue weighted by Crippen LogP contribution is 2.32. The molecule has 1 aliphatic rings. The average Bonchev–Trinajstić information content (AvgIpc) is 3.28. The minimum absolute atomic E-state index is 0.269. The summed E-state index contributed by atoms with van der Waals surface area (Å²) in [6, 6.07) is 16.1. The summed E-state index contributed by atoms with van der Waals surface area (Å²) < 4.78 is 12.7. The Bertz CT molecular complexity index is 1000. The van der Waals surface area contributed by atoms with Gasteiger partial charge in [0.1, 0.15) is 0 Å². The van der Waals surface area contributed by atoms with Crippen LogP contribution in [0.2, 0.25) is 0 Å². The third kappa shape index (κ3) is 2.96. The summed E-state index contributed by atoms with van der Waals surface area (Å²) in [7, 11) is 1.78. The van der Waals surface area contributed by atoms with E-state index in [1.54, 1.807) is 18.4 Å². The second-order valence-electron chi connectivity index (χ2n) is 5.56. The number of aromatic nitrogens is 1. The molecule has 0 fully saturated rings. The lowest BCUT2D eigenvalue weighted by Crippen LogP contribution is -2.13. The number of ether oxygens (including phenoxy) is 2. The van der Waals surface area contributed by atoms with Crippen molar-refractivity contribution < 1.29 is 9.47 Å². The highest BCUT2D eigenvalue weighted by molar-refractivity contribution is 7.07. The number of thiazole rings is 1. The normalized spacial score (nSPS) is 14.2. The summed E-state index contributed by atoms with van der Waals surface area (Å²) in [5.74, 6) is 1.53. The topological polar surface area (TPSA) is 48.1 Å². The first kappa shape index (κ1) is 15.7. The SMILES string of the molecule is CN=c1scc(-c2ccccc2)n1N=C(C)c1ccc2c(c1)OCO2. The second kappa shape index (κ2) is 6.57. The molecule has 25 heavy (non-hydrogen) atoms. The minimum atomic E-state index is 0.269. The van der Waals surface area contributed by atoms with Crippen molar-refractivity contribution in [3.63, 3.8) is 0 Å². The zero-order chi connectivity index (χ0) is 17.2. The van der Waals surface area contributed by atoms with Crippen molar-refractivity contribution in [2.24, 2.45) is 10.1 Å². The third-order valence-electron chi connectivity index (χ3n) is 3.99. The molecule has 0 spiro atoms. The molecule has 2 aromatic carbocycles. The molecule has 0 bridgehead atoms. The fraction of sp³-hybridized carbons (Fsp3) is 0.158. The van der Waals surface area contributed by atoms with Crippen LogP contribution >= 0.6 is 11.3 Å². The van der Waals surface area contributed by atoms with E-state index in [1.807, 2.05) is 48.0 Å². The second-order valence-corrected chi connectivity index (χ2v) is 6.39. The van der Waals surface area contributed by atoms with Gasteiger partial charge in [0, 0.05) is 23.6 Å². The Kier molecular flexibility index (Phi) is 4.11. The summed E-state index contributed by atoms with van der Waals surface area (Å²) >= 11 is 1.57. The Balaban J connectivity index is 1.79. The molecule has 0 unspecified atom stereocenters. The zero-order valence-electron chi connectivity index (χ0n) is 14.0. The number of rotatable bonds is 3. The molecule has 0 N–H and O–H groups in total. The highest BCUT2D eigenvalue weighted by atomic mass is 32.1. The van der Waals surface area contributed by atoms with Gasteiger partial charge >= 0.3 is 0 Å². The summed E-state index contributed by atoms with van der Waals surface area (Å²) in [4.78, 5) is 5.20. The summed E-state index contributed by atoms with van der Waals surface area (Å²) in [5, 5.41) is 6.89. The van der Waals surface area contributed by atoms with Gasteiger partial charge in [0.05, 0.1) is 11.4 Å². The Morgan fingerprint density at radius 2 is 1.88 bits per heavy atom. The Hall–Kier alpha value is -2.86. The largest absolute Gasteiger partial charge is 0.454 e. The van der Waals surface area contributed by atoms with Crippen LogP contribution in [0.5, 0.6) is 11.5 Å². The van der Waals surface area contributed by atoms with Crippen LogP contribution in [-0.2, 0) is 0 Å². The predicted molar refractivity (Wildman–Crippen MR) is 99.4 cm³/mol. The average molecular weight is 351 g/mol. The van der Waals surface area contributed by atoms with Crippen molar-refractivity contribution in [3.8, 4) is 22.8 Å². The summed E-state index contributed by atoms with van der Waals surface area (Å²) in [6.07, 6.45) is 0. The van der Waals surface area contributed by atoms with Gasteiger partial charge in [0.2, 0.25) is 11.6 Å². The molecule has 6 heteroatoms. The molecule has 3 aromatic rings. The van der Waals surface area contributed by atoms with Crippen LogP contribution < -0.4 is 14.3 Å². The quantitative estimate of drug-likeness (QED) is 0.675. The van der Waals surface area contributed by atoms with E-state index < -0.39 is 0 Å². The fourth-order valence-electron chi connectivity index (χ4n) is 2.68. The molecule has 0 aliphatic carbocycles. The predicted octanol–water partition coefficient (Wildman–Crippen LogP) is 3.75. The molecule has 5 nitrogen and oxygen atoms in total. The van der Waals surface area contributed by atoms with E-state index >= 15 is 0 Å². The van der Waals surface area contributed by atoms with Crippen LogP contribution in [0.4, 0.5) is 0 Å². The third-order valence-corrected chi connectivity index (χ3v) is 4.89. The molecule has 0 amide bonds. The van der Waals surface area contributed by atoms with E-state index in [-0.39, 0.29) is 6.79 Å². The Morgan fingerprint density at radius 3 is 2.68 bits per heavy atom. The maximum Gasteiger partial charge on any atom is 0.231 e. The van der Waals surface area contributed by atoms with Crippen LogP contribution in [0.3, 0.4) is 0 Å². The fourth-order valence-corrected chi connectivity index (χ4v) is 3.48. The van der Waals surface area contributed by atoms with Crippen molar-refractivity contribution in [2.45, 2.75) is 6.92 Å². The van der Waals surface area contributed by atoms with Crippen molar-refractivity contribution >= 4 is 17.0 Å². The van der Waals surface area contributed by atoms with E-state index in [0.29, 0.717) is 0 Å². The maximum absolute atomic E-state index is 5.46. The van der Waals surface area contributed by atoms with Gasteiger partial charge in [-0.2, -0.15) is 5.10 Å². The van der Waals surface area contributed by atoms with Gasteiger partial charge in [-0.05, 0) is 25.1 Å². The van der Waals surface area contributed by atoms with Crippen LogP contribution in [0.25, 0.3) is 11.3 Å². The van der Waals surface area contributed by atoms with Gasteiger partial charge in [-0.1, -0.05) is 30.3 Å². The van der Waals surface area contributed by atoms with Crippen LogP contribution in [0, 0.1) is 0 Å². The molecule has 0 atom stereocenters. The molecule has 0 saturated heterocycles. The van der Waals surface area contributed by atoms with E-state index in [4.69, 9.17) is 14.6 Å². The van der Waals surface area contributed by atoms with Gasteiger partial charge in [0.25, 0.3) is 0 Å². The van der Waals surface area contributed by atoms with Crippen molar-refractivity contribution in [3.05, 3.63) is 64.3 Å². The molecular formula is C19H17N3O2S. The Morgan fingerprint density at radius 1 is 1.08 bits per heavy atom. The van der Waals surface area contributed by atoms with E-state index in [9.17, 15) is 0 Å². The number of hydrogen-bond donors (Lipinski definition) is 0. The van der Waals surface area contributed by atoms with E-state index in [1.165, 1.54) is 0 Å². The summed E-state index contributed by atoms with van der Waals surface area (Å²) in [6.45, 7) is 2.25. The minimum Gasteiger partial charge on any atom is -0.454 e. The van der Waals surface area contributed by atoms with Crippen molar-refractivity contribution in [2.75, 3.05) is 13.8 Å². The van der Waals surface area contributed by atoms with E-state index in [2.05, 4.69) is 22.5 Å². The monoisotopic (exact) mass is 351 g/mol. The first-order chi connectivity index (χ1) is 12.3. The van der Waals surface area contributed by atoms with Crippen LogP contribution in [0.15, 0.2) is 64.0 Å². The molecule has 126 valence electrons. The smallest absolute Gasteiger partial charge is 0.231 e. The molecule has 0 radical (unpaired) electrons. The number of fused-ring (bicyclic) bond motifs is 1. The standard InChI is InChI=1S/C19H17N3O2S/c1-13(15-8-9-17-18(10-15)24-12-23-17)21-22-16(11-25-19(22)20-2)14-6-4-3-5-7-14/h3-11H,12H2,1-2H3. The van der Waals surface area contributed by atoms with Gasteiger partial charge < -0.3 is 9.47 Å². The van der Waals surface area contributed by atoms with Crippen molar-refractivity contribution in [1.82, 2.24) is 4.68 Å². The number of hydrogen-bond acceptors (Lipinski definition) is 5. The van der Waals surface area contributed by atoms with Gasteiger partial charge in [-0.25, -0.2) is 4.68 Å². The molecule has 1 aliphatic heterocycles. The van der Waals surface area contributed by atoms with Crippen molar-refractivity contribution in [1.29, 1.82) is 0 Å². The summed E-state index contributed by atoms with van der Waals surface area (Å²) in [5.41, 5.74) is 4.00. The molecule has 0 saturated carbocycles. The maximum atomic E-state index is 5.46. The lowest BCUT2D eigenvalue weighted by atomic mass is 10.1. The lowest BCUT2D eigenvalue weighted by molar-refractivity contribution is 0.174. The first-order valence-corrected chi connectivity index (χ1v) is 8.78. The highest BCUT2D eigenvalue weighted by Gasteiger charge is 2.14. The molecular weight excluding hydrogens is 334 g/mol. The van der Waals surface area contributed by atoms with Crippen LogP contribution in [-0.4, -0.2) is 24.2 Å². The lowest BCUT2D eigenvalue weighted by Gasteiger charge is -2.07. The zero-order valence-corrected chi connectivity index (χ0v) is 14.8. The van der Waals surface area contributed by atoms with Gasteiger partial charge in [0.15, 0.2) is 11.5 Å².